The maximum atomic E-state index is 6.46. The summed E-state index contributed by atoms with van der Waals surface area (Å²) in [5.41, 5.74) is 9.81. The molecular formula is C48H28O3. The van der Waals surface area contributed by atoms with Crippen LogP contribution in [0.5, 0.6) is 5.75 Å². The minimum Gasteiger partial charge on any atom is -0.461 e. The van der Waals surface area contributed by atoms with Crippen molar-refractivity contribution in [2.24, 2.45) is 0 Å². The Hall–Kier alpha value is -6.58. The van der Waals surface area contributed by atoms with Gasteiger partial charge in [0.15, 0.2) is 0 Å². The fourth-order valence-corrected chi connectivity index (χ4v) is 8.99. The largest absolute Gasteiger partial charge is 0.461 e. The summed E-state index contributed by atoms with van der Waals surface area (Å²) in [6, 6.07) is 49.9. The van der Waals surface area contributed by atoms with Crippen LogP contribution in [0.2, 0.25) is 0 Å². The van der Waals surface area contributed by atoms with Gasteiger partial charge in [-0.2, -0.15) is 0 Å². The first-order valence-corrected chi connectivity index (χ1v) is 17.6. The van der Waals surface area contributed by atoms with Gasteiger partial charge in [-0.25, -0.2) is 0 Å². The molecule has 1 aliphatic carbocycles. The smallest absolute Gasteiger partial charge is 0.136 e. The van der Waals surface area contributed by atoms with Gasteiger partial charge in [-0.05, 0) is 110 Å². The van der Waals surface area contributed by atoms with E-state index in [1.54, 1.807) is 0 Å². The molecule has 238 valence electrons. The van der Waals surface area contributed by atoms with E-state index in [-0.39, 0.29) is 5.92 Å². The summed E-state index contributed by atoms with van der Waals surface area (Å²) in [4.78, 5) is 0. The first-order valence-electron chi connectivity index (χ1n) is 17.6. The van der Waals surface area contributed by atoms with Gasteiger partial charge in [0.05, 0.1) is 0 Å². The summed E-state index contributed by atoms with van der Waals surface area (Å²) in [7, 11) is 0. The average Bonchev–Trinajstić information content (AvgIpc) is 3.86. The number of benzene rings is 8. The zero-order valence-corrected chi connectivity index (χ0v) is 27.4. The Morgan fingerprint density at radius 1 is 0.451 bits per heavy atom. The summed E-state index contributed by atoms with van der Waals surface area (Å²) in [6.45, 7) is 0. The molecular weight excluding hydrogens is 625 g/mol. The highest BCUT2D eigenvalue weighted by atomic mass is 16.5. The van der Waals surface area contributed by atoms with Gasteiger partial charge in [-0.1, -0.05) is 103 Å². The number of allylic oxidation sites excluding steroid dienone is 4. The van der Waals surface area contributed by atoms with Gasteiger partial charge in [0.1, 0.15) is 33.8 Å². The van der Waals surface area contributed by atoms with Crippen molar-refractivity contribution in [3.63, 3.8) is 0 Å². The van der Waals surface area contributed by atoms with Crippen molar-refractivity contribution < 1.29 is 13.6 Å². The van der Waals surface area contributed by atoms with Crippen molar-refractivity contribution in [2.75, 3.05) is 0 Å². The van der Waals surface area contributed by atoms with Crippen LogP contribution in [0.4, 0.5) is 0 Å². The molecule has 0 saturated carbocycles. The Kier molecular flexibility index (Phi) is 5.34. The van der Waals surface area contributed by atoms with Gasteiger partial charge in [-0.15, -0.1) is 0 Å². The molecule has 0 saturated heterocycles. The second-order valence-electron chi connectivity index (χ2n) is 13.9. The van der Waals surface area contributed by atoms with E-state index in [9.17, 15) is 0 Å². The van der Waals surface area contributed by atoms with Crippen molar-refractivity contribution in [3.8, 4) is 16.9 Å². The monoisotopic (exact) mass is 652 g/mol. The molecule has 0 spiro atoms. The fourth-order valence-electron chi connectivity index (χ4n) is 8.99. The summed E-state index contributed by atoms with van der Waals surface area (Å²) in [5.74, 6) is 2.20. The van der Waals surface area contributed by atoms with Gasteiger partial charge in [-0.3, -0.25) is 0 Å². The number of hydrogen-bond donors (Lipinski definition) is 0. The van der Waals surface area contributed by atoms with Crippen LogP contribution in [-0.2, 0) is 0 Å². The van der Waals surface area contributed by atoms with E-state index in [0.717, 1.165) is 61.8 Å². The van der Waals surface area contributed by atoms with Gasteiger partial charge >= 0.3 is 0 Å². The van der Waals surface area contributed by atoms with Crippen LogP contribution in [0.15, 0.2) is 166 Å². The van der Waals surface area contributed by atoms with Crippen molar-refractivity contribution in [2.45, 2.75) is 12.3 Å². The quantitative estimate of drug-likeness (QED) is 0.174. The molecule has 8 aromatic carbocycles. The summed E-state index contributed by atoms with van der Waals surface area (Å²) in [6.07, 6.45) is 5.37. The Labute approximate surface area is 292 Å². The first kappa shape index (κ1) is 27.3. The molecule has 0 amide bonds. The van der Waals surface area contributed by atoms with Crippen molar-refractivity contribution in [1.29, 1.82) is 0 Å². The Morgan fingerprint density at radius 2 is 1.02 bits per heavy atom. The van der Waals surface area contributed by atoms with E-state index in [0.29, 0.717) is 0 Å². The third kappa shape index (κ3) is 3.78. The number of furan rings is 2. The fraction of sp³-hybridized carbons (Fsp3) is 0.0417. The molecule has 2 aromatic heterocycles. The minimum atomic E-state index is 0.189. The molecule has 3 nitrogen and oxygen atoms in total. The molecule has 3 heteroatoms. The van der Waals surface area contributed by atoms with Crippen LogP contribution in [0.25, 0.3) is 92.9 Å². The summed E-state index contributed by atoms with van der Waals surface area (Å²) in [5, 5.41) is 11.8. The number of hydrogen-bond acceptors (Lipinski definition) is 3. The normalized spacial score (nSPS) is 15.6. The van der Waals surface area contributed by atoms with E-state index in [1.165, 1.54) is 60.1 Å². The second-order valence-corrected chi connectivity index (χ2v) is 13.9. The molecule has 2 aliphatic rings. The predicted molar refractivity (Wildman–Crippen MR) is 209 cm³/mol. The molecule has 51 heavy (non-hydrogen) atoms. The average molecular weight is 653 g/mol. The Balaban J connectivity index is 1.08. The molecule has 0 fully saturated rings. The molecule has 10 aromatic rings. The lowest BCUT2D eigenvalue weighted by Gasteiger charge is -2.23. The third-order valence-electron chi connectivity index (χ3n) is 11.2. The lowest BCUT2D eigenvalue weighted by atomic mass is 9.80. The van der Waals surface area contributed by atoms with Crippen LogP contribution in [0, 0.1) is 0 Å². The van der Waals surface area contributed by atoms with Crippen molar-refractivity contribution >= 4 is 81.8 Å². The highest BCUT2D eigenvalue weighted by Crippen LogP contribution is 2.52. The van der Waals surface area contributed by atoms with E-state index in [2.05, 4.69) is 127 Å². The zero-order valence-electron chi connectivity index (χ0n) is 27.4. The molecule has 3 heterocycles. The van der Waals surface area contributed by atoms with Crippen molar-refractivity contribution in [1.82, 2.24) is 0 Å². The van der Waals surface area contributed by atoms with E-state index in [1.807, 2.05) is 24.3 Å². The number of rotatable bonds is 2. The summed E-state index contributed by atoms with van der Waals surface area (Å²) >= 11 is 0. The van der Waals surface area contributed by atoms with Gasteiger partial charge in [0.25, 0.3) is 0 Å². The summed E-state index contributed by atoms with van der Waals surface area (Å²) < 4.78 is 19.2. The first-order chi connectivity index (χ1) is 25.3. The van der Waals surface area contributed by atoms with E-state index < -0.39 is 0 Å². The number of ether oxygens (including phenoxy) is 1. The van der Waals surface area contributed by atoms with Crippen LogP contribution < -0.4 is 4.74 Å². The molecule has 1 atom stereocenters. The molecule has 1 unspecified atom stereocenters. The SMILES string of the molecule is C1=C(c2c3ccccc3c(-c3ccc4oc5ccc6oc7ccccc7c6c5c4c3)c3ccccc23)CC2C(=C1)Oc1cc3ccccc3cc12. The van der Waals surface area contributed by atoms with E-state index >= 15 is 0 Å². The molecule has 0 N–H and O–H groups in total. The molecule has 12 rings (SSSR count). The van der Waals surface area contributed by atoms with Crippen LogP contribution >= 0.6 is 0 Å². The third-order valence-corrected chi connectivity index (χ3v) is 11.2. The molecule has 1 aliphatic heterocycles. The van der Waals surface area contributed by atoms with Gasteiger partial charge in [0, 0.05) is 33.0 Å². The number of para-hydroxylation sites is 1. The maximum absolute atomic E-state index is 6.46. The highest BCUT2D eigenvalue weighted by molar-refractivity contribution is 6.27. The topological polar surface area (TPSA) is 35.5 Å². The van der Waals surface area contributed by atoms with Gasteiger partial charge < -0.3 is 13.6 Å². The van der Waals surface area contributed by atoms with Crippen LogP contribution in [0.3, 0.4) is 0 Å². The highest BCUT2D eigenvalue weighted by Gasteiger charge is 2.33. The van der Waals surface area contributed by atoms with E-state index in [4.69, 9.17) is 13.6 Å². The van der Waals surface area contributed by atoms with Crippen molar-refractivity contribution in [3.05, 3.63) is 169 Å². The Bertz CT molecular complexity index is 3150. The van der Waals surface area contributed by atoms with Gasteiger partial charge in [0.2, 0.25) is 0 Å². The molecule has 0 bridgehead atoms. The number of fused-ring (bicyclic) bond motifs is 13. The minimum absolute atomic E-state index is 0.189. The Morgan fingerprint density at radius 3 is 1.75 bits per heavy atom. The lowest BCUT2D eigenvalue weighted by molar-refractivity contribution is 0.427. The maximum Gasteiger partial charge on any atom is 0.136 e. The second kappa shape index (κ2) is 9.99. The van der Waals surface area contributed by atoms with Crippen LogP contribution in [-0.4, -0.2) is 0 Å². The zero-order chi connectivity index (χ0) is 33.2. The standard InChI is InChI=1S/C48H28O3/c1-2-10-28-26-44-37(23-27(28)9-1)36-24-29(17-19-40(36)51-44)45-31-11-3-5-13-33(31)46(34-14-6-4-12-32(34)45)30-18-20-41-38(25-30)48-43(50-41)22-21-42-47(48)35-15-7-8-16-39(35)49-42/h1-23,25-26,36H,24H2. The van der Waals surface area contributed by atoms with Crippen LogP contribution in [0.1, 0.15) is 23.5 Å². The molecule has 0 radical (unpaired) electrons. The lowest BCUT2D eigenvalue weighted by Crippen LogP contribution is -2.05. The predicted octanol–water partition coefficient (Wildman–Crippen LogP) is 13.5.